The maximum atomic E-state index is 13.1. The third kappa shape index (κ3) is 4.26. The lowest BCUT2D eigenvalue weighted by atomic mass is 10.2. The van der Waals surface area contributed by atoms with Crippen molar-refractivity contribution in [3.05, 3.63) is 82.7 Å². The molecule has 1 N–H and O–H groups in total. The summed E-state index contributed by atoms with van der Waals surface area (Å²) in [6.07, 6.45) is 0. The fourth-order valence-electron chi connectivity index (χ4n) is 3.36. The SMILES string of the molecule is O=[N+]([O-])c1ccc(N2CCN(c3ccccc3)CC2)nc1Nc1ccc(F)cc1. The van der Waals surface area contributed by atoms with Gasteiger partial charge in [0.15, 0.2) is 0 Å². The molecule has 2 aromatic carbocycles. The van der Waals surface area contributed by atoms with Crippen LogP contribution in [0.3, 0.4) is 0 Å². The first-order valence-corrected chi connectivity index (χ1v) is 9.33. The molecule has 1 saturated heterocycles. The number of para-hydroxylation sites is 1. The number of piperazine rings is 1. The molecule has 2 heterocycles. The van der Waals surface area contributed by atoms with Crippen molar-refractivity contribution in [1.82, 2.24) is 4.98 Å². The third-order valence-corrected chi connectivity index (χ3v) is 4.89. The Morgan fingerprint density at radius 1 is 0.897 bits per heavy atom. The first-order chi connectivity index (χ1) is 14.1. The first-order valence-electron chi connectivity index (χ1n) is 9.33. The summed E-state index contributed by atoms with van der Waals surface area (Å²) in [7, 11) is 0. The average Bonchev–Trinajstić information content (AvgIpc) is 2.76. The Labute approximate surface area is 167 Å². The molecule has 8 heteroatoms. The Kier molecular flexibility index (Phi) is 5.24. The van der Waals surface area contributed by atoms with Crippen LogP contribution in [0.1, 0.15) is 0 Å². The Hall–Kier alpha value is -3.68. The summed E-state index contributed by atoms with van der Waals surface area (Å²) in [6, 6.07) is 19.0. The molecule has 7 nitrogen and oxygen atoms in total. The van der Waals surface area contributed by atoms with Gasteiger partial charge in [-0.1, -0.05) is 18.2 Å². The Balaban J connectivity index is 1.52. The fraction of sp³-hybridized carbons (Fsp3) is 0.190. The van der Waals surface area contributed by atoms with E-state index in [9.17, 15) is 14.5 Å². The molecule has 3 aromatic rings. The minimum atomic E-state index is -0.476. The van der Waals surface area contributed by atoms with Crippen LogP contribution in [-0.4, -0.2) is 36.1 Å². The largest absolute Gasteiger partial charge is 0.368 e. The van der Waals surface area contributed by atoms with Crippen molar-refractivity contribution < 1.29 is 9.31 Å². The van der Waals surface area contributed by atoms with Crippen molar-refractivity contribution in [3.63, 3.8) is 0 Å². The van der Waals surface area contributed by atoms with Crippen LogP contribution in [-0.2, 0) is 0 Å². The number of rotatable bonds is 5. The number of nitrogens with one attached hydrogen (secondary N) is 1. The Morgan fingerprint density at radius 3 is 2.21 bits per heavy atom. The Morgan fingerprint density at radius 2 is 1.55 bits per heavy atom. The van der Waals surface area contributed by atoms with Crippen LogP contribution >= 0.6 is 0 Å². The third-order valence-electron chi connectivity index (χ3n) is 4.89. The zero-order chi connectivity index (χ0) is 20.2. The number of benzene rings is 2. The second kappa shape index (κ2) is 8.14. The van der Waals surface area contributed by atoms with E-state index < -0.39 is 4.92 Å². The molecule has 4 rings (SSSR count). The van der Waals surface area contributed by atoms with Gasteiger partial charge in [-0.3, -0.25) is 10.1 Å². The van der Waals surface area contributed by atoms with E-state index in [-0.39, 0.29) is 17.3 Å². The van der Waals surface area contributed by atoms with E-state index in [4.69, 9.17) is 0 Å². The average molecular weight is 393 g/mol. The second-order valence-corrected chi connectivity index (χ2v) is 6.74. The van der Waals surface area contributed by atoms with Gasteiger partial charge in [-0.15, -0.1) is 0 Å². The van der Waals surface area contributed by atoms with Crippen LogP contribution in [0.15, 0.2) is 66.7 Å². The molecule has 0 spiro atoms. The molecule has 0 atom stereocenters. The van der Waals surface area contributed by atoms with Gasteiger partial charge in [-0.2, -0.15) is 0 Å². The van der Waals surface area contributed by atoms with Gasteiger partial charge in [-0.25, -0.2) is 9.37 Å². The normalized spacial score (nSPS) is 14.0. The van der Waals surface area contributed by atoms with Gasteiger partial charge in [0, 0.05) is 43.6 Å². The topological polar surface area (TPSA) is 74.5 Å². The summed E-state index contributed by atoms with van der Waals surface area (Å²) >= 11 is 0. The molecule has 29 heavy (non-hydrogen) atoms. The summed E-state index contributed by atoms with van der Waals surface area (Å²) in [4.78, 5) is 19.8. The molecule has 0 amide bonds. The van der Waals surface area contributed by atoms with Crippen LogP contribution in [0.5, 0.6) is 0 Å². The van der Waals surface area contributed by atoms with Gasteiger partial charge >= 0.3 is 5.69 Å². The van der Waals surface area contributed by atoms with Crippen LogP contribution < -0.4 is 15.1 Å². The number of aromatic nitrogens is 1. The highest BCUT2D eigenvalue weighted by atomic mass is 19.1. The molecule has 1 aromatic heterocycles. The molecule has 0 bridgehead atoms. The second-order valence-electron chi connectivity index (χ2n) is 6.74. The molecule has 1 aliphatic heterocycles. The molecule has 0 unspecified atom stereocenters. The van der Waals surface area contributed by atoms with Crippen molar-refractivity contribution in [2.24, 2.45) is 0 Å². The summed E-state index contributed by atoms with van der Waals surface area (Å²) < 4.78 is 13.1. The molecule has 0 radical (unpaired) electrons. The number of nitro groups is 1. The van der Waals surface area contributed by atoms with Gasteiger partial charge in [0.05, 0.1) is 4.92 Å². The molecule has 148 valence electrons. The number of hydrogen-bond donors (Lipinski definition) is 1. The number of halogens is 1. The van der Waals surface area contributed by atoms with Crippen molar-refractivity contribution in [1.29, 1.82) is 0 Å². The van der Waals surface area contributed by atoms with Crippen molar-refractivity contribution in [3.8, 4) is 0 Å². The summed E-state index contributed by atoms with van der Waals surface area (Å²) in [5, 5.41) is 14.3. The lowest BCUT2D eigenvalue weighted by Gasteiger charge is -2.36. The quantitative estimate of drug-likeness (QED) is 0.517. The lowest BCUT2D eigenvalue weighted by molar-refractivity contribution is -0.384. The highest BCUT2D eigenvalue weighted by Gasteiger charge is 2.22. The van der Waals surface area contributed by atoms with Crippen LogP contribution in [0.4, 0.5) is 33.1 Å². The van der Waals surface area contributed by atoms with Gasteiger partial charge in [0.1, 0.15) is 11.6 Å². The highest BCUT2D eigenvalue weighted by Crippen LogP contribution is 2.29. The number of pyridine rings is 1. The van der Waals surface area contributed by atoms with Gasteiger partial charge in [0.25, 0.3) is 0 Å². The molecule has 0 saturated carbocycles. The molecule has 1 aliphatic rings. The van der Waals surface area contributed by atoms with E-state index in [1.807, 2.05) is 18.2 Å². The molecule has 0 aliphatic carbocycles. The predicted octanol–water partition coefficient (Wildman–Crippen LogP) is 4.20. The van der Waals surface area contributed by atoms with Crippen molar-refractivity contribution in [2.45, 2.75) is 0 Å². The van der Waals surface area contributed by atoms with E-state index >= 15 is 0 Å². The zero-order valence-corrected chi connectivity index (χ0v) is 15.7. The highest BCUT2D eigenvalue weighted by molar-refractivity contribution is 5.68. The minimum Gasteiger partial charge on any atom is -0.368 e. The smallest absolute Gasteiger partial charge is 0.311 e. The van der Waals surface area contributed by atoms with Crippen LogP contribution in [0, 0.1) is 15.9 Å². The molecular weight excluding hydrogens is 373 g/mol. The van der Waals surface area contributed by atoms with Gasteiger partial charge in [-0.05, 0) is 42.5 Å². The van der Waals surface area contributed by atoms with Crippen LogP contribution in [0.25, 0.3) is 0 Å². The maximum Gasteiger partial charge on any atom is 0.311 e. The van der Waals surface area contributed by atoms with E-state index in [0.29, 0.717) is 11.5 Å². The van der Waals surface area contributed by atoms with E-state index in [1.54, 1.807) is 6.07 Å². The van der Waals surface area contributed by atoms with Crippen molar-refractivity contribution >= 4 is 28.7 Å². The monoisotopic (exact) mass is 393 g/mol. The Bertz CT molecular complexity index is 990. The summed E-state index contributed by atoms with van der Waals surface area (Å²) in [5.74, 6) is 0.445. The minimum absolute atomic E-state index is 0.124. The number of nitrogens with zero attached hydrogens (tertiary/aromatic N) is 4. The van der Waals surface area contributed by atoms with Crippen molar-refractivity contribution in [2.75, 3.05) is 41.3 Å². The van der Waals surface area contributed by atoms with E-state index in [0.717, 1.165) is 26.2 Å². The zero-order valence-electron chi connectivity index (χ0n) is 15.7. The predicted molar refractivity (Wildman–Crippen MR) is 111 cm³/mol. The first kappa shape index (κ1) is 18.7. The molecular formula is C21H20FN5O2. The lowest BCUT2D eigenvalue weighted by Crippen LogP contribution is -2.46. The number of hydrogen-bond acceptors (Lipinski definition) is 6. The van der Waals surface area contributed by atoms with Crippen LogP contribution in [0.2, 0.25) is 0 Å². The van der Waals surface area contributed by atoms with Gasteiger partial charge < -0.3 is 15.1 Å². The maximum absolute atomic E-state index is 13.1. The van der Waals surface area contributed by atoms with E-state index in [2.05, 4.69) is 32.2 Å². The van der Waals surface area contributed by atoms with Gasteiger partial charge in [0.2, 0.25) is 5.82 Å². The van der Waals surface area contributed by atoms with E-state index in [1.165, 1.54) is 36.0 Å². The summed E-state index contributed by atoms with van der Waals surface area (Å²) in [5.41, 5.74) is 1.59. The fourth-order valence-corrected chi connectivity index (χ4v) is 3.36. The summed E-state index contributed by atoms with van der Waals surface area (Å²) in [6.45, 7) is 3.19. The molecule has 1 fully saturated rings. The number of anilines is 4. The standard InChI is InChI=1S/C21H20FN5O2/c22-16-6-8-17(9-7-16)23-21-19(27(28)29)10-11-20(24-21)26-14-12-25(13-15-26)18-4-2-1-3-5-18/h1-11H,12-15H2,(H,23,24).